The highest BCUT2D eigenvalue weighted by atomic mass is 16.3. The summed E-state index contributed by atoms with van der Waals surface area (Å²) in [5.41, 5.74) is 1.27. The number of benzene rings is 1. The average molecular weight is 322 g/mol. The molecule has 0 saturated carbocycles. The Balaban J connectivity index is 1.67. The second kappa shape index (κ2) is 7.03. The molecule has 0 radical (unpaired) electrons. The molecule has 0 aliphatic carbocycles. The fourth-order valence-corrected chi connectivity index (χ4v) is 3.34. The standard InChI is InChI=1S/C19H22N4O/c1-2-5-16(6-3-1)15-23-13-10-21-19(23)18(17-7-4-14-24-17)22-11-8-20-9-12-22/h1-7,10,13-14,18,20H,8-9,11-12,15H2. The largest absolute Gasteiger partial charge is 0.467 e. The lowest BCUT2D eigenvalue weighted by atomic mass is 10.1. The van der Waals surface area contributed by atoms with E-state index in [9.17, 15) is 0 Å². The van der Waals surface area contributed by atoms with Crippen molar-refractivity contribution in [3.8, 4) is 0 Å². The van der Waals surface area contributed by atoms with Gasteiger partial charge in [-0.05, 0) is 17.7 Å². The Morgan fingerprint density at radius 2 is 1.92 bits per heavy atom. The van der Waals surface area contributed by atoms with Crippen LogP contribution >= 0.6 is 0 Å². The van der Waals surface area contributed by atoms with Crippen molar-refractivity contribution >= 4 is 0 Å². The number of nitrogens with zero attached hydrogens (tertiary/aromatic N) is 3. The van der Waals surface area contributed by atoms with Crippen LogP contribution in [0.1, 0.15) is 23.2 Å². The van der Waals surface area contributed by atoms with E-state index in [0.717, 1.165) is 44.3 Å². The Hall–Kier alpha value is -2.37. The molecule has 124 valence electrons. The lowest BCUT2D eigenvalue weighted by molar-refractivity contribution is 0.171. The first kappa shape index (κ1) is 15.2. The Morgan fingerprint density at radius 1 is 1.08 bits per heavy atom. The molecule has 5 heteroatoms. The van der Waals surface area contributed by atoms with Crippen molar-refractivity contribution in [1.29, 1.82) is 0 Å². The zero-order valence-corrected chi connectivity index (χ0v) is 13.6. The molecule has 4 rings (SSSR count). The van der Waals surface area contributed by atoms with E-state index in [-0.39, 0.29) is 6.04 Å². The van der Waals surface area contributed by atoms with E-state index in [1.165, 1.54) is 5.56 Å². The van der Waals surface area contributed by atoms with Crippen molar-refractivity contribution in [2.75, 3.05) is 26.2 Å². The van der Waals surface area contributed by atoms with Crippen LogP contribution in [0, 0.1) is 0 Å². The van der Waals surface area contributed by atoms with Crippen molar-refractivity contribution in [3.05, 3.63) is 78.3 Å². The van der Waals surface area contributed by atoms with E-state index in [1.807, 2.05) is 24.4 Å². The zero-order chi connectivity index (χ0) is 16.2. The third-order valence-corrected chi connectivity index (χ3v) is 4.52. The summed E-state index contributed by atoms with van der Waals surface area (Å²) in [6, 6.07) is 14.6. The molecule has 5 nitrogen and oxygen atoms in total. The van der Waals surface area contributed by atoms with Crippen LogP contribution < -0.4 is 5.32 Å². The number of nitrogens with one attached hydrogen (secondary N) is 1. The van der Waals surface area contributed by atoms with Gasteiger partial charge in [0.15, 0.2) is 0 Å². The van der Waals surface area contributed by atoms with Crippen LogP contribution in [0.2, 0.25) is 0 Å². The topological polar surface area (TPSA) is 46.2 Å². The molecular formula is C19H22N4O. The van der Waals surface area contributed by atoms with E-state index in [4.69, 9.17) is 4.42 Å². The summed E-state index contributed by atoms with van der Waals surface area (Å²) in [4.78, 5) is 7.13. The van der Waals surface area contributed by atoms with Gasteiger partial charge < -0.3 is 14.3 Å². The molecule has 1 atom stereocenters. The Labute approximate surface area is 141 Å². The van der Waals surface area contributed by atoms with Gasteiger partial charge in [-0.3, -0.25) is 4.90 Å². The summed E-state index contributed by atoms with van der Waals surface area (Å²) in [7, 11) is 0. The van der Waals surface area contributed by atoms with Crippen LogP contribution in [-0.2, 0) is 6.54 Å². The van der Waals surface area contributed by atoms with Crippen LogP contribution in [-0.4, -0.2) is 40.6 Å². The van der Waals surface area contributed by atoms with E-state index in [0.29, 0.717) is 0 Å². The fourth-order valence-electron chi connectivity index (χ4n) is 3.34. The van der Waals surface area contributed by atoms with Crippen molar-refractivity contribution in [2.24, 2.45) is 0 Å². The predicted molar refractivity (Wildman–Crippen MR) is 92.8 cm³/mol. The van der Waals surface area contributed by atoms with Gasteiger partial charge in [0, 0.05) is 45.1 Å². The van der Waals surface area contributed by atoms with Crippen molar-refractivity contribution < 1.29 is 4.42 Å². The van der Waals surface area contributed by atoms with Gasteiger partial charge in [-0.2, -0.15) is 0 Å². The Bertz CT molecular complexity index is 745. The summed E-state index contributed by atoms with van der Waals surface area (Å²) in [6.07, 6.45) is 5.69. The molecule has 1 fully saturated rings. The number of imidazole rings is 1. The van der Waals surface area contributed by atoms with E-state index < -0.39 is 0 Å². The molecule has 1 unspecified atom stereocenters. The van der Waals surface area contributed by atoms with Gasteiger partial charge in [0.2, 0.25) is 0 Å². The second-order valence-corrected chi connectivity index (χ2v) is 6.10. The van der Waals surface area contributed by atoms with E-state index >= 15 is 0 Å². The Kier molecular flexibility index (Phi) is 4.44. The van der Waals surface area contributed by atoms with Crippen LogP contribution in [0.4, 0.5) is 0 Å². The number of aromatic nitrogens is 2. The lowest BCUT2D eigenvalue weighted by Gasteiger charge is -2.33. The number of piperazine rings is 1. The minimum absolute atomic E-state index is 0.0563. The van der Waals surface area contributed by atoms with Gasteiger partial charge in [-0.25, -0.2) is 4.98 Å². The third-order valence-electron chi connectivity index (χ3n) is 4.52. The van der Waals surface area contributed by atoms with Crippen molar-refractivity contribution in [2.45, 2.75) is 12.6 Å². The summed E-state index contributed by atoms with van der Waals surface area (Å²) < 4.78 is 7.99. The first-order valence-electron chi connectivity index (χ1n) is 8.45. The molecule has 3 heterocycles. The van der Waals surface area contributed by atoms with Gasteiger partial charge in [-0.1, -0.05) is 30.3 Å². The van der Waals surface area contributed by atoms with Crippen LogP contribution in [0.3, 0.4) is 0 Å². The molecule has 0 spiro atoms. The summed E-state index contributed by atoms with van der Waals surface area (Å²) in [5, 5.41) is 3.42. The molecule has 1 N–H and O–H groups in total. The molecule has 1 aliphatic rings. The maximum atomic E-state index is 5.76. The minimum Gasteiger partial charge on any atom is -0.467 e. The first-order chi connectivity index (χ1) is 11.9. The SMILES string of the molecule is c1ccc(Cn2ccnc2C(c2ccco2)N2CCNCC2)cc1. The highest BCUT2D eigenvalue weighted by Crippen LogP contribution is 2.28. The summed E-state index contributed by atoms with van der Waals surface area (Å²) >= 11 is 0. The smallest absolute Gasteiger partial charge is 0.134 e. The van der Waals surface area contributed by atoms with E-state index in [2.05, 4.69) is 50.2 Å². The molecule has 1 aliphatic heterocycles. The highest BCUT2D eigenvalue weighted by molar-refractivity contribution is 5.20. The normalized spacial score (nSPS) is 17.0. The predicted octanol–water partition coefficient (Wildman–Crippen LogP) is 2.52. The zero-order valence-electron chi connectivity index (χ0n) is 13.6. The van der Waals surface area contributed by atoms with Gasteiger partial charge >= 0.3 is 0 Å². The summed E-state index contributed by atoms with van der Waals surface area (Å²) in [5.74, 6) is 1.99. The van der Waals surface area contributed by atoms with Crippen molar-refractivity contribution in [1.82, 2.24) is 19.8 Å². The van der Waals surface area contributed by atoms with Gasteiger partial charge in [0.1, 0.15) is 17.6 Å². The van der Waals surface area contributed by atoms with Crippen LogP contribution in [0.5, 0.6) is 0 Å². The fraction of sp³-hybridized carbons (Fsp3) is 0.316. The molecule has 0 amide bonds. The average Bonchev–Trinajstić information content (AvgIpc) is 3.31. The quantitative estimate of drug-likeness (QED) is 0.784. The van der Waals surface area contributed by atoms with Gasteiger partial charge in [-0.15, -0.1) is 0 Å². The van der Waals surface area contributed by atoms with Gasteiger partial charge in [0.25, 0.3) is 0 Å². The second-order valence-electron chi connectivity index (χ2n) is 6.10. The molecule has 0 bridgehead atoms. The van der Waals surface area contributed by atoms with E-state index in [1.54, 1.807) is 6.26 Å². The minimum atomic E-state index is 0.0563. The molecule has 2 aromatic heterocycles. The number of hydrogen-bond acceptors (Lipinski definition) is 4. The molecule has 1 aromatic carbocycles. The van der Waals surface area contributed by atoms with Crippen LogP contribution in [0.25, 0.3) is 0 Å². The number of rotatable bonds is 5. The monoisotopic (exact) mass is 322 g/mol. The maximum absolute atomic E-state index is 5.76. The summed E-state index contributed by atoms with van der Waals surface area (Å²) in [6.45, 7) is 4.79. The first-order valence-corrected chi connectivity index (χ1v) is 8.45. The van der Waals surface area contributed by atoms with Gasteiger partial charge in [0.05, 0.1) is 6.26 Å². The maximum Gasteiger partial charge on any atom is 0.134 e. The van der Waals surface area contributed by atoms with Crippen LogP contribution in [0.15, 0.2) is 65.5 Å². The third kappa shape index (κ3) is 3.13. The molecule has 1 saturated heterocycles. The highest BCUT2D eigenvalue weighted by Gasteiger charge is 2.29. The number of furan rings is 1. The molecule has 24 heavy (non-hydrogen) atoms. The molecular weight excluding hydrogens is 300 g/mol. The van der Waals surface area contributed by atoms with Crippen molar-refractivity contribution in [3.63, 3.8) is 0 Å². The Morgan fingerprint density at radius 3 is 2.67 bits per heavy atom. The molecule has 3 aromatic rings. The number of hydrogen-bond donors (Lipinski definition) is 1. The lowest BCUT2D eigenvalue weighted by Crippen LogP contribution is -2.46.